The lowest BCUT2D eigenvalue weighted by Gasteiger charge is -2.06. The molecule has 0 unspecified atom stereocenters. The molecular formula is C13H10BrN3O3. The molecular weight excluding hydrogens is 326 g/mol. The van der Waals surface area contributed by atoms with Gasteiger partial charge in [0.1, 0.15) is 16.0 Å². The van der Waals surface area contributed by atoms with E-state index in [1.807, 2.05) is 0 Å². The molecule has 0 atom stereocenters. The largest absolute Gasteiger partial charge is 0.306 e. The monoisotopic (exact) mass is 335 g/mol. The number of nitrogens with zero attached hydrogens (tertiary/aromatic N) is 2. The third-order valence-corrected chi connectivity index (χ3v) is 2.99. The molecule has 20 heavy (non-hydrogen) atoms. The number of amides is 1. The van der Waals surface area contributed by atoms with Crippen LogP contribution in [0.5, 0.6) is 0 Å². The van der Waals surface area contributed by atoms with E-state index in [0.29, 0.717) is 10.4 Å². The summed E-state index contributed by atoms with van der Waals surface area (Å²) >= 11 is 3.19. The third-order valence-electron chi connectivity index (χ3n) is 2.55. The number of pyridine rings is 1. The number of hydrogen-bond acceptors (Lipinski definition) is 4. The Hall–Kier alpha value is -2.28. The summed E-state index contributed by atoms with van der Waals surface area (Å²) in [4.78, 5) is 26.5. The fourth-order valence-electron chi connectivity index (χ4n) is 1.65. The molecule has 2 rings (SSSR count). The molecule has 7 heteroatoms. The average molecular weight is 336 g/mol. The first-order valence-electron chi connectivity index (χ1n) is 5.66. The van der Waals surface area contributed by atoms with Gasteiger partial charge in [-0.15, -0.1) is 0 Å². The maximum Gasteiger partial charge on any atom is 0.282 e. The summed E-state index contributed by atoms with van der Waals surface area (Å²) in [7, 11) is 0. The summed E-state index contributed by atoms with van der Waals surface area (Å²) in [6.07, 6.45) is 0. The fourth-order valence-corrected chi connectivity index (χ4v) is 2.00. The Bertz CT molecular complexity index is 688. The van der Waals surface area contributed by atoms with Crippen LogP contribution in [-0.4, -0.2) is 15.8 Å². The maximum atomic E-state index is 12.1. The maximum absolute atomic E-state index is 12.1. The van der Waals surface area contributed by atoms with Gasteiger partial charge < -0.3 is 5.32 Å². The molecule has 0 radical (unpaired) electrons. The van der Waals surface area contributed by atoms with Gasteiger partial charge in [0, 0.05) is 6.07 Å². The van der Waals surface area contributed by atoms with Gasteiger partial charge in [-0.05, 0) is 46.6 Å². The predicted octanol–water partition coefficient (Wildman–Crippen LogP) is 3.31. The van der Waals surface area contributed by atoms with Crippen LogP contribution in [0.4, 0.5) is 11.5 Å². The zero-order valence-corrected chi connectivity index (χ0v) is 12.0. The summed E-state index contributed by atoms with van der Waals surface area (Å²) < 4.78 is 0.564. The van der Waals surface area contributed by atoms with Crippen LogP contribution >= 0.6 is 15.9 Å². The number of carbonyl (C=O) groups is 1. The highest BCUT2D eigenvalue weighted by atomic mass is 79.9. The van der Waals surface area contributed by atoms with Crippen LogP contribution in [0.25, 0.3) is 0 Å². The molecule has 2 aromatic rings. The quantitative estimate of drug-likeness (QED) is 0.529. The zero-order valence-electron chi connectivity index (χ0n) is 10.5. The van der Waals surface area contributed by atoms with Crippen molar-refractivity contribution < 1.29 is 9.72 Å². The number of halogens is 1. The molecule has 1 heterocycles. The standard InChI is InChI=1S/C13H10BrN3O3/c1-8-5-6-10(17(19)20)9(7-8)13(18)16-12-4-2-3-11(14)15-12/h2-7H,1H3,(H,15,16,18). The number of carbonyl (C=O) groups excluding carboxylic acids is 1. The highest BCUT2D eigenvalue weighted by Gasteiger charge is 2.20. The van der Waals surface area contributed by atoms with Crippen molar-refractivity contribution in [2.45, 2.75) is 6.92 Å². The number of aromatic nitrogens is 1. The van der Waals surface area contributed by atoms with E-state index in [1.54, 1.807) is 31.2 Å². The minimum atomic E-state index is -0.581. The van der Waals surface area contributed by atoms with Gasteiger partial charge in [-0.3, -0.25) is 14.9 Å². The van der Waals surface area contributed by atoms with Gasteiger partial charge in [-0.1, -0.05) is 12.1 Å². The first-order valence-corrected chi connectivity index (χ1v) is 6.45. The first-order chi connectivity index (χ1) is 9.47. The fraction of sp³-hybridized carbons (Fsp3) is 0.0769. The second-order valence-corrected chi connectivity index (χ2v) is 4.89. The summed E-state index contributed by atoms with van der Waals surface area (Å²) in [5.41, 5.74) is 0.544. The Labute approximate surface area is 123 Å². The predicted molar refractivity (Wildman–Crippen MR) is 77.7 cm³/mol. The van der Waals surface area contributed by atoms with Crippen molar-refractivity contribution in [3.8, 4) is 0 Å². The van der Waals surface area contributed by atoms with E-state index in [2.05, 4.69) is 26.2 Å². The van der Waals surface area contributed by atoms with Crippen molar-refractivity contribution in [2.75, 3.05) is 5.32 Å². The van der Waals surface area contributed by atoms with E-state index < -0.39 is 10.8 Å². The summed E-state index contributed by atoms with van der Waals surface area (Å²) in [6, 6.07) is 9.41. The van der Waals surface area contributed by atoms with Crippen LogP contribution < -0.4 is 5.32 Å². The Balaban J connectivity index is 2.34. The lowest BCUT2D eigenvalue weighted by molar-refractivity contribution is -0.385. The topological polar surface area (TPSA) is 85.1 Å². The van der Waals surface area contributed by atoms with Gasteiger partial charge in [0.25, 0.3) is 11.6 Å². The summed E-state index contributed by atoms with van der Waals surface area (Å²) in [6.45, 7) is 1.76. The van der Waals surface area contributed by atoms with Gasteiger partial charge in [0.2, 0.25) is 0 Å². The Morgan fingerprint density at radius 3 is 2.75 bits per heavy atom. The summed E-state index contributed by atoms with van der Waals surface area (Å²) in [5, 5.41) is 13.5. The van der Waals surface area contributed by atoms with Crippen LogP contribution in [0.2, 0.25) is 0 Å². The van der Waals surface area contributed by atoms with Crippen molar-refractivity contribution >= 4 is 33.3 Å². The molecule has 0 aliphatic carbocycles. The molecule has 102 valence electrons. The van der Waals surface area contributed by atoms with E-state index in [0.717, 1.165) is 5.56 Å². The SMILES string of the molecule is Cc1ccc([N+](=O)[O-])c(C(=O)Nc2cccc(Br)n2)c1. The van der Waals surface area contributed by atoms with Crippen molar-refractivity contribution in [2.24, 2.45) is 0 Å². The Morgan fingerprint density at radius 2 is 2.10 bits per heavy atom. The highest BCUT2D eigenvalue weighted by molar-refractivity contribution is 9.10. The Kier molecular flexibility index (Phi) is 4.09. The normalized spacial score (nSPS) is 10.1. The van der Waals surface area contributed by atoms with Crippen molar-refractivity contribution in [3.05, 3.63) is 62.2 Å². The molecule has 6 nitrogen and oxygen atoms in total. The smallest absolute Gasteiger partial charge is 0.282 e. The number of anilines is 1. The average Bonchev–Trinajstić information content (AvgIpc) is 2.38. The molecule has 1 aromatic carbocycles. The van der Waals surface area contributed by atoms with Crippen LogP contribution in [0.3, 0.4) is 0 Å². The zero-order chi connectivity index (χ0) is 14.7. The number of nitrogens with one attached hydrogen (secondary N) is 1. The van der Waals surface area contributed by atoms with E-state index in [9.17, 15) is 14.9 Å². The van der Waals surface area contributed by atoms with Gasteiger partial charge in [0.15, 0.2) is 0 Å². The van der Waals surface area contributed by atoms with Crippen molar-refractivity contribution in [1.82, 2.24) is 4.98 Å². The molecule has 1 amide bonds. The molecule has 0 saturated carbocycles. The number of hydrogen-bond donors (Lipinski definition) is 1. The van der Waals surface area contributed by atoms with Crippen LogP contribution in [-0.2, 0) is 0 Å². The van der Waals surface area contributed by atoms with E-state index in [1.165, 1.54) is 12.1 Å². The summed E-state index contributed by atoms with van der Waals surface area (Å²) in [5.74, 6) is -0.244. The van der Waals surface area contributed by atoms with Crippen molar-refractivity contribution in [1.29, 1.82) is 0 Å². The Morgan fingerprint density at radius 1 is 1.35 bits per heavy atom. The molecule has 1 aromatic heterocycles. The highest BCUT2D eigenvalue weighted by Crippen LogP contribution is 2.21. The lowest BCUT2D eigenvalue weighted by Crippen LogP contribution is -2.15. The van der Waals surface area contributed by atoms with Crippen LogP contribution in [0.1, 0.15) is 15.9 Å². The van der Waals surface area contributed by atoms with Gasteiger partial charge >= 0.3 is 0 Å². The number of benzene rings is 1. The second-order valence-electron chi connectivity index (χ2n) is 4.08. The van der Waals surface area contributed by atoms with E-state index in [-0.39, 0.29) is 11.3 Å². The minimum Gasteiger partial charge on any atom is -0.306 e. The van der Waals surface area contributed by atoms with Crippen molar-refractivity contribution in [3.63, 3.8) is 0 Å². The van der Waals surface area contributed by atoms with Gasteiger partial charge in [0.05, 0.1) is 4.92 Å². The van der Waals surface area contributed by atoms with Gasteiger partial charge in [-0.2, -0.15) is 0 Å². The first kappa shape index (κ1) is 14.1. The second kappa shape index (κ2) is 5.79. The number of rotatable bonds is 3. The number of nitro groups is 1. The lowest BCUT2D eigenvalue weighted by atomic mass is 10.1. The molecule has 0 aliphatic heterocycles. The molecule has 0 bridgehead atoms. The molecule has 1 N–H and O–H groups in total. The third kappa shape index (κ3) is 3.18. The number of nitro benzene ring substituents is 1. The minimum absolute atomic E-state index is 0.0109. The molecule has 0 fully saturated rings. The van der Waals surface area contributed by atoms with Gasteiger partial charge in [-0.25, -0.2) is 4.98 Å². The van der Waals surface area contributed by atoms with Crippen LogP contribution in [0, 0.1) is 17.0 Å². The molecule has 0 saturated heterocycles. The molecule has 0 spiro atoms. The number of aryl methyl sites for hydroxylation is 1. The van der Waals surface area contributed by atoms with Crippen LogP contribution in [0.15, 0.2) is 41.0 Å². The molecule has 0 aliphatic rings. The van der Waals surface area contributed by atoms with E-state index >= 15 is 0 Å². The van der Waals surface area contributed by atoms with E-state index in [4.69, 9.17) is 0 Å².